The molecule has 0 atom stereocenters. The number of fused-ring (bicyclic) bond motifs is 1. The first-order valence-corrected chi connectivity index (χ1v) is 11.2. The zero-order chi connectivity index (χ0) is 24.2. The number of nitrogens with one attached hydrogen (secondary N) is 1. The quantitative estimate of drug-likeness (QED) is 0.420. The highest BCUT2D eigenvalue weighted by molar-refractivity contribution is 6.30. The lowest BCUT2D eigenvalue weighted by Gasteiger charge is -2.10. The number of carbonyl (C=O) groups is 1. The Kier molecular flexibility index (Phi) is 6.36. The second kappa shape index (κ2) is 9.90. The minimum absolute atomic E-state index is 0.201. The fraction of sp³-hybridized carbons (Fsp3) is 0.115. The number of rotatable bonds is 7. The van der Waals surface area contributed by atoms with Crippen LogP contribution in [-0.2, 0) is 13.2 Å². The highest BCUT2D eigenvalue weighted by Gasteiger charge is 2.14. The Morgan fingerprint density at radius 1 is 0.943 bits per heavy atom. The van der Waals surface area contributed by atoms with Gasteiger partial charge in [0.25, 0.3) is 11.5 Å². The summed E-state index contributed by atoms with van der Waals surface area (Å²) in [7, 11) is 0. The first-order valence-electron chi connectivity index (χ1n) is 10.8. The van der Waals surface area contributed by atoms with Gasteiger partial charge in [-0.15, -0.1) is 5.10 Å². The van der Waals surface area contributed by atoms with Crippen molar-refractivity contribution in [3.63, 3.8) is 0 Å². The largest absolute Gasteiger partial charge is 0.472 e. The number of hydrogen-bond acceptors (Lipinski definition) is 6. The summed E-state index contributed by atoms with van der Waals surface area (Å²) in [6.07, 6.45) is 0. The van der Waals surface area contributed by atoms with Gasteiger partial charge in [0.05, 0.1) is 5.69 Å². The molecular weight excluding hydrogens is 470 g/mol. The predicted molar refractivity (Wildman–Crippen MR) is 129 cm³/mol. The van der Waals surface area contributed by atoms with Crippen LogP contribution < -0.4 is 25.1 Å². The molecule has 5 rings (SSSR count). The third-order valence-corrected chi connectivity index (χ3v) is 5.59. The molecule has 0 unspecified atom stereocenters. The van der Waals surface area contributed by atoms with Crippen LogP contribution in [0.1, 0.15) is 21.5 Å². The molecule has 0 radical (unpaired) electrons. The van der Waals surface area contributed by atoms with Gasteiger partial charge in [-0.2, -0.15) is 4.68 Å². The van der Waals surface area contributed by atoms with Crippen LogP contribution in [0.3, 0.4) is 0 Å². The lowest BCUT2D eigenvalue weighted by Crippen LogP contribution is -2.23. The zero-order valence-electron chi connectivity index (χ0n) is 18.4. The lowest BCUT2D eigenvalue weighted by molar-refractivity contribution is 0.0951. The van der Waals surface area contributed by atoms with Crippen molar-refractivity contribution in [2.75, 3.05) is 6.79 Å². The molecular formula is C26H20ClN3O5. The smallest absolute Gasteiger partial charge is 0.271 e. The molecule has 1 aliphatic heterocycles. The van der Waals surface area contributed by atoms with E-state index in [1.165, 1.54) is 16.8 Å². The standard InChI is InChI=1S/C26H20ClN3O5/c27-20-6-1-17(2-7-20)15-33-24-11-12-25(31)30(29-24)21-8-4-19(5-9-21)26(32)28-14-18-3-10-22-23(13-18)35-16-34-22/h1-13H,14-16H2,(H,28,32). The van der Waals surface area contributed by atoms with Crippen LogP contribution in [0.4, 0.5) is 0 Å². The fourth-order valence-corrected chi connectivity index (χ4v) is 3.61. The Labute approximate surface area is 205 Å². The number of ether oxygens (including phenoxy) is 3. The van der Waals surface area contributed by atoms with Crippen molar-refractivity contribution in [2.24, 2.45) is 0 Å². The molecule has 1 aromatic heterocycles. The van der Waals surface area contributed by atoms with Crippen molar-refractivity contribution in [1.29, 1.82) is 0 Å². The Bertz CT molecular complexity index is 1420. The summed E-state index contributed by atoms with van der Waals surface area (Å²) in [4.78, 5) is 25.0. The monoisotopic (exact) mass is 489 g/mol. The van der Waals surface area contributed by atoms with E-state index >= 15 is 0 Å². The van der Waals surface area contributed by atoms with Gasteiger partial charge in [0.15, 0.2) is 11.5 Å². The third-order valence-electron chi connectivity index (χ3n) is 5.34. The maximum atomic E-state index is 12.6. The molecule has 0 fully saturated rings. The zero-order valence-corrected chi connectivity index (χ0v) is 19.2. The molecule has 4 aromatic rings. The topological polar surface area (TPSA) is 91.7 Å². The highest BCUT2D eigenvalue weighted by Crippen LogP contribution is 2.32. The number of nitrogens with zero attached hydrogens (tertiary/aromatic N) is 2. The Balaban J connectivity index is 1.23. The van der Waals surface area contributed by atoms with Crippen LogP contribution in [-0.4, -0.2) is 22.5 Å². The highest BCUT2D eigenvalue weighted by atomic mass is 35.5. The minimum Gasteiger partial charge on any atom is -0.472 e. The molecule has 176 valence electrons. The van der Waals surface area contributed by atoms with Crippen molar-refractivity contribution in [2.45, 2.75) is 13.2 Å². The van der Waals surface area contributed by atoms with E-state index in [4.69, 9.17) is 25.8 Å². The van der Waals surface area contributed by atoms with E-state index in [0.29, 0.717) is 40.2 Å². The van der Waals surface area contributed by atoms with Gasteiger partial charge in [0.1, 0.15) is 6.61 Å². The van der Waals surface area contributed by atoms with Gasteiger partial charge in [-0.3, -0.25) is 9.59 Å². The number of halogens is 1. The van der Waals surface area contributed by atoms with E-state index in [-0.39, 0.29) is 24.9 Å². The van der Waals surface area contributed by atoms with Crippen LogP contribution in [0.25, 0.3) is 5.69 Å². The molecule has 0 saturated heterocycles. The summed E-state index contributed by atoms with van der Waals surface area (Å²) in [5.74, 6) is 1.41. The average Bonchev–Trinajstić information content (AvgIpc) is 3.36. The summed E-state index contributed by atoms with van der Waals surface area (Å²) in [5, 5.41) is 7.81. The normalized spacial score (nSPS) is 11.8. The predicted octanol–water partition coefficient (Wildman–Crippen LogP) is 4.12. The van der Waals surface area contributed by atoms with E-state index in [0.717, 1.165) is 11.1 Å². The van der Waals surface area contributed by atoms with Crippen molar-refractivity contribution in [1.82, 2.24) is 15.1 Å². The fourth-order valence-electron chi connectivity index (χ4n) is 3.48. The SMILES string of the molecule is O=C(NCc1ccc2c(c1)OCO2)c1ccc(-n2nc(OCc3ccc(Cl)cc3)ccc2=O)cc1. The van der Waals surface area contributed by atoms with Gasteiger partial charge >= 0.3 is 0 Å². The average molecular weight is 490 g/mol. The van der Waals surface area contributed by atoms with Crippen molar-refractivity contribution in [3.05, 3.63) is 111 Å². The van der Waals surface area contributed by atoms with Crippen LogP contribution in [0.2, 0.25) is 5.02 Å². The van der Waals surface area contributed by atoms with Gasteiger partial charge in [0.2, 0.25) is 12.7 Å². The molecule has 8 nitrogen and oxygen atoms in total. The van der Waals surface area contributed by atoms with E-state index in [9.17, 15) is 9.59 Å². The van der Waals surface area contributed by atoms with E-state index < -0.39 is 0 Å². The van der Waals surface area contributed by atoms with Gasteiger partial charge in [-0.05, 0) is 59.7 Å². The van der Waals surface area contributed by atoms with Gasteiger partial charge in [0, 0.05) is 29.3 Å². The Morgan fingerprint density at radius 2 is 1.69 bits per heavy atom. The number of carbonyl (C=O) groups excluding carboxylic acids is 1. The molecule has 0 aliphatic carbocycles. The molecule has 9 heteroatoms. The molecule has 1 aliphatic rings. The molecule has 35 heavy (non-hydrogen) atoms. The maximum absolute atomic E-state index is 12.6. The Morgan fingerprint density at radius 3 is 2.49 bits per heavy atom. The number of hydrogen-bond donors (Lipinski definition) is 1. The molecule has 0 saturated carbocycles. The molecule has 0 spiro atoms. The maximum Gasteiger partial charge on any atom is 0.271 e. The molecule has 1 amide bonds. The number of aromatic nitrogens is 2. The summed E-state index contributed by atoms with van der Waals surface area (Å²) in [6, 6.07) is 22.3. The molecule has 0 bridgehead atoms. The lowest BCUT2D eigenvalue weighted by atomic mass is 10.1. The number of benzene rings is 3. The van der Waals surface area contributed by atoms with E-state index in [1.54, 1.807) is 36.4 Å². The van der Waals surface area contributed by atoms with E-state index in [1.807, 2.05) is 30.3 Å². The van der Waals surface area contributed by atoms with Crippen LogP contribution in [0, 0.1) is 0 Å². The second-order valence-corrected chi connectivity index (χ2v) is 8.19. The number of amides is 1. The summed E-state index contributed by atoms with van der Waals surface area (Å²) in [5.41, 5.74) is 2.47. The van der Waals surface area contributed by atoms with Crippen LogP contribution >= 0.6 is 11.6 Å². The summed E-state index contributed by atoms with van der Waals surface area (Å²) < 4.78 is 17.6. The first-order chi connectivity index (χ1) is 17.0. The van der Waals surface area contributed by atoms with Gasteiger partial charge < -0.3 is 19.5 Å². The molecule has 1 N–H and O–H groups in total. The van der Waals surface area contributed by atoms with Crippen LogP contribution in [0.5, 0.6) is 17.4 Å². The van der Waals surface area contributed by atoms with Gasteiger partial charge in [-0.25, -0.2) is 0 Å². The second-order valence-electron chi connectivity index (χ2n) is 7.75. The Hall–Kier alpha value is -4.30. The van der Waals surface area contributed by atoms with Gasteiger partial charge in [-0.1, -0.05) is 29.8 Å². The van der Waals surface area contributed by atoms with Crippen molar-refractivity contribution in [3.8, 4) is 23.1 Å². The summed E-state index contributed by atoms with van der Waals surface area (Å²) in [6.45, 7) is 0.822. The third kappa shape index (κ3) is 5.28. The minimum atomic E-state index is -0.316. The van der Waals surface area contributed by atoms with Crippen molar-refractivity contribution < 1.29 is 19.0 Å². The summed E-state index contributed by atoms with van der Waals surface area (Å²) >= 11 is 5.90. The first kappa shape index (κ1) is 22.5. The van der Waals surface area contributed by atoms with Crippen LogP contribution in [0.15, 0.2) is 83.7 Å². The molecule has 3 aromatic carbocycles. The van der Waals surface area contributed by atoms with E-state index in [2.05, 4.69) is 10.4 Å². The molecule has 2 heterocycles. The van der Waals surface area contributed by atoms with Crippen molar-refractivity contribution >= 4 is 17.5 Å².